The van der Waals surface area contributed by atoms with Crippen LogP contribution in [0.1, 0.15) is 15.9 Å². The summed E-state index contributed by atoms with van der Waals surface area (Å²) in [5, 5.41) is 10.8. The predicted octanol–water partition coefficient (Wildman–Crippen LogP) is 1.67. The van der Waals surface area contributed by atoms with Gasteiger partial charge in [-0.1, -0.05) is 18.2 Å². The summed E-state index contributed by atoms with van der Waals surface area (Å²) in [4.78, 5) is 23.3. The van der Waals surface area contributed by atoms with Crippen molar-refractivity contribution in [2.75, 3.05) is 0 Å². The topological polar surface area (TPSA) is 118 Å². The number of nitro groups is 1. The van der Waals surface area contributed by atoms with Crippen LogP contribution in [-0.2, 0) is 10.0 Å². The molecule has 2 aromatic rings. The largest absolute Gasteiger partial charge is 0.273 e. The maximum atomic E-state index is 13.5. The van der Waals surface area contributed by atoms with Gasteiger partial charge in [0.1, 0.15) is 5.82 Å². The third-order valence-electron chi connectivity index (χ3n) is 3.09. The van der Waals surface area contributed by atoms with E-state index < -0.39 is 32.4 Å². The van der Waals surface area contributed by atoms with Crippen molar-refractivity contribution in [3.8, 4) is 0 Å². The first-order chi connectivity index (χ1) is 11.2. The van der Waals surface area contributed by atoms with Crippen LogP contribution in [0.25, 0.3) is 0 Å². The molecule has 0 heterocycles. The molecular formula is C14H12FN3O5S. The van der Waals surface area contributed by atoms with Crippen LogP contribution in [0.15, 0.2) is 47.4 Å². The lowest BCUT2D eigenvalue weighted by Gasteiger charge is -2.10. The molecule has 0 unspecified atom stereocenters. The van der Waals surface area contributed by atoms with Gasteiger partial charge in [-0.2, -0.15) is 0 Å². The maximum Gasteiger partial charge on any atom is 0.270 e. The Morgan fingerprint density at radius 1 is 1.21 bits per heavy atom. The number of carbonyl (C=O) groups excluding carboxylic acids is 1. The summed E-state index contributed by atoms with van der Waals surface area (Å²) in [5.74, 6) is -1.82. The molecule has 0 aliphatic rings. The van der Waals surface area contributed by atoms with Gasteiger partial charge < -0.3 is 0 Å². The molecule has 0 atom stereocenters. The fourth-order valence-electron chi connectivity index (χ4n) is 1.87. The van der Waals surface area contributed by atoms with Crippen molar-refractivity contribution in [1.82, 2.24) is 10.3 Å². The molecular weight excluding hydrogens is 341 g/mol. The first-order valence-corrected chi connectivity index (χ1v) is 8.02. The summed E-state index contributed by atoms with van der Waals surface area (Å²) in [5.41, 5.74) is 1.35. The molecule has 0 spiro atoms. The number of carbonyl (C=O) groups is 1. The second kappa shape index (κ2) is 6.72. The number of halogens is 1. The van der Waals surface area contributed by atoms with E-state index in [1.54, 1.807) is 4.83 Å². The van der Waals surface area contributed by atoms with Crippen LogP contribution in [0.2, 0.25) is 0 Å². The zero-order chi connectivity index (χ0) is 17.9. The van der Waals surface area contributed by atoms with Crippen molar-refractivity contribution in [2.24, 2.45) is 0 Å². The zero-order valence-electron chi connectivity index (χ0n) is 12.3. The third kappa shape index (κ3) is 3.73. The van der Waals surface area contributed by atoms with Crippen molar-refractivity contribution in [3.05, 3.63) is 69.5 Å². The van der Waals surface area contributed by atoms with Gasteiger partial charge in [-0.15, -0.1) is 4.83 Å². The monoisotopic (exact) mass is 353 g/mol. The van der Waals surface area contributed by atoms with E-state index in [2.05, 4.69) is 0 Å². The van der Waals surface area contributed by atoms with Gasteiger partial charge in [0.25, 0.3) is 21.6 Å². The Kier molecular flexibility index (Phi) is 4.90. The molecule has 24 heavy (non-hydrogen) atoms. The fraction of sp³-hybridized carbons (Fsp3) is 0.0714. The third-order valence-corrected chi connectivity index (χ3v) is 4.48. The minimum absolute atomic E-state index is 0.244. The Labute approximate surface area is 136 Å². The average Bonchev–Trinajstić information content (AvgIpc) is 2.53. The van der Waals surface area contributed by atoms with E-state index >= 15 is 0 Å². The van der Waals surface area contributed by atoms with E-state index in [0.717, 1.165) is 18.2 Å². The highest BCUT2D eigenvalue weighted by atomic mass is 32.2. The predicted molar refractivity (Wildman–Crippen MR) is 82.0 cm³/mol. The van der Waals surface area contributed by atoms with Crippen LogP contribution < -0.4 is 10.3 Å². The zero-order valence-corrected chi connectivity index (χ0v) is 13.1. The summed E-state index contributed by atoms with van der Waals surface area (Å²) in [6.07, 6.45) is 0. The molecule has 0 aliphatic heterocycles. The number of hydrazine groups is 1. The average molecular weight is 353 g/mol. The Bertz CT molecular complexity index is 914. The van der Waals surface area contributed by atoms with Crippen LogP contribution in [0.4, 0.5) is 10.1 Å². The molecule has 0 aliphatic carbocycles. The van der Waals surface area contributed by atoms with Crippen LogP contribution in [0, 0.1) is 22.9 Å². The molecule has 0 bridgehead atoms. The van der Waals surface area contributed by atoms with Crippen molar-refractivity contribution in [2.45, 2.75) is 11.8 Å². The summed E-state index contributed by atoms with van der Waals surface area (Å²) in [7, 11) is -4.27. The van der Waals surface area contributed by atoms with E-state index in [1.165, 1.54) is 31.2 Å². The molecule has 2 rings (SSSR count). The highest BCUT2D eigenvalue weighted by Gasteiger charge is 2.22. The summed E-state index contributed by atoms with van der Waals surface area (Å²) in [6, 6.07) is 8.32. The van der Waals surface area contributed by atoms with E-state index in [9.17, 15) is 27.7 Å². The van der Waals surface area contributed by atoms with Gasteiger partial charge >= 0.3 is 0 Å². The number of amides is 1. The molecule has 126 valence electrons. The number of benzene rings is 2. The molecule has 0 saturated carbocycles. The number of hydrogen-bond acceptors (Lipinski definition) is 5. The van der Waals surface area contributed by atoms with Gasteiger partial charge in [0, 0.05) is 12.1 Å². The summed E-state index contributed by atoms with van der Waals surface area (Å²) >= 11 is 0. The molecule has 2 N–H and O–H groups in total. The van der Waals surface area contributed by atoms with Crippen LogP contribution in [0.3, 0.4) is 0 Å². The quantitative estimate of drug-likeness (QED) is 0.626. The highest BCUT2D eigenvalue weighted by Crippen LogP contribution is 2.21. The molecule has 8 nitrogen and oxygen atoms in total. The SMILES string of the molecule is Cc1ccc([N+](=O)[O-])cc1S(=O)(=O)NNC(=O)c1ccccc1F. The number of sulfonamides is 1. The second-order valence-corrected chi connectivity index (χ2v) is 6.40. The van der Waals surface area contributed by atoms with Crippen LogP contribution in [0.5, 0.6) is 0 Å². The standard InChI is InChI=1S/C14H12FN3O5S/c1-9-6-7-10(18(20)21)8-13(9)24(22,23)17-16-14(19)11-4-2-3-5-12(11)15/h2-8,17H,1H3,(H,16,19). The Balaban J connectivity index is 2.23. The highest BCUT2D eigenvalue weighted by molar-refractivity contribution is 7.89. The van der Waals surface area contributed by atoms with E-state index in [4.69, 9.17) is 0 Å². The Morgan fingerprint density at radius 2 is 1.88 bits per heavy atom. The molecule has 1 amide bonds. The summed E-state index contributed by atoms with van der Waals surface area (Å²) in [6.45, 7) is 1.44. The first-order valence-electron chi connectivity index (χ1n) is 6.54. The normalized spacial score (nSPS) is 11.1. The lowest BCUT2D eigenvalue weighted by atomic mass is 10.2. The minimum atomic E-state index is -4.27. The Hall–Kier alpha value is -2.85. The van der Waals surface area contributed by atoms with E-state index in [1.807, 2.05) is 5.43 Å². The maximum absolute atomic E-state index is 13.5. The van der Waals surface area contributed by atoms with Crippen molar-refractivity contribution >= 4 is 21.6 Å². The number of aryl methyl sites for hydroxylation is 1. The van der Waals surface area contributed by atoms with Crippen LogP contribution >= 0.6 is 0 Å². The van der Waals surface area contributed by atoms with Gasteiger partial charge in [0.05, 0.1) is 15.4 Å². The second-order valence-electron chi connectivity index (χ2n) is 4.75. The summed E-state index contributed by atoms with van der Waals surface area (Å²) < 4.78 is 37.9. The lowest BCUT2D eigenvalue weighted by molar-refractivity contribution is -0.385. The number of hydrogen-bond donors (Lipinski definition) is 2. The van der Waals surface area contributed by atoms with Gasteiger partial charge in [-0.25, -0.2) is 12.8 Å². The first kappa shape index (κ1) is 17.5. The molecule has 2 aromatic carbocycles. The Morgan fingerprint density at radius 3 is 2.50 bits per heavy atom. The number of nitro benzene ring substituents is 1. The van der Waals surface area contributed by atoms with Crippen molar-refractivity contribution < 1.29 is 22.5 Å². The fourth-order valence-corrected chi connectivity index (χ4v) is 2.98. The van der Waals surface area contributed by atoms with Crippen LogP contribution in [-0.4, -0.2) is 19.2 Å². The number of non-ortho nitro benzene ring substituents is 1. The molecule has 0 aromatic heterocycles. The number of nitrogens with zero attached hydrogens (tertiary/aromatic N) is 1. The molecule has 0 radical (unpaired) electrons. The molecule has 0 fully saturated rings. The van der Waals surface area contributed by atoms with Crippen molar-refractivity contribution in [1.29, 1.82) is 0 Å². The van der Waals surface area contributed by atoms with Crippen molar-refractivity contribution in [3.63, 3.8) is 0 Å². The number of rotatable bonds is 5. The van der Waals surface area contributed by atoms with E-state index in [0.29, 0.717) is 0 Å². The van der Waals surface area contributed by atoms with Gasteiger partial charge in [0.15, 0.2) is 0 Å². The molecule has 10 heteroatoms. The van der Waals surface area contributed by atoms with E-state index in [-0.39, 0.29) is 16.0 Å². The smallest absolute Gasteiger partial charge is 0.270 e. The van der Waals surface area contributed by atoms with Gasteiger partial charge in [-0.3, -0.25) is 20.3 Å². The lowest BCUT2D eigenvalue weighted by Crippen LogP contribution is -2.42. The van der Waals surface area contributed by atoms with Gasteiger partial charge in [0.2, 0.25) is 0 Å². The molecule has 0 saturated heterocycles. The minimum Gasteiger partial charge on any atom is -0.273 e. The number of nitrogens with one attached hydrogen (secondary N) is 2. The van der Waals surface area contributed by atoms with Gasteiger partial charge in [-0.05, 0) is 24.6 Å².